The molecule has 0 aliphatic carbocycles. The monoisotopic (exact) mass is 295 g/mol. The molecule has 0 aliphatic rings. The van der Waals surface area contributed by atoms with Crippen molar-refractivity contribution < 1.29 is 9.66 Å². The highest BCUT2D eigenvalue weighted by Gasteiger charge is 2.11. The fourth-order valence-corrected chi connectivity index (χ4v) is 2.03. The molecule has 1 rings (SSSR count). The number of nitro groups is 1. The zero-order valence-corrected chi connectivity index (χ0v) is 13.3. The van der Waals surface area contributed by atoms with Crippen LogP contribution in [-0.4, -0.2) is 43.1 Å². The number of nitro benzene ring substituents is 1. The molecular formula is C15H25N3O3. The van der Waals surface area contributed by atoms with E-state index in [1.165, 1.54) is 6.07 Å². The third-order valence-corrected chi connectivity index (χ3v) is 3.77. The van der Waals surface area contributed by atoms with Crippen molar-refractivity contribution in [1.29, 1.82) is 0 Å². The lowest BCUT2D eigenvalue weighted by atomic mass is 10.1. The van der Waals surface area contributed by atoms with Crippen molar-refractivity contribution >= 4 is 5.69 Å². The van der Waals surface area contributed by atoms with Gasteiger partial charge in [-0.3, -0.25) is 10.1 Å². The Balaban J connectivity index is 2.54. The van der Waals surface area contributed by atoms with Gasteiger partial charge >= 0.3 is 0 Å². The minimum atomic E-state index is -0.389. The first-order valence-corrected chi connectivity index (χ1v) is 7.21. The molecular weight excluding hydrogens is 270 g/mol. The molecule has 1 aromatic carbocycles. The third kappa shape index (κ3) is 5.32. The van der Waals surface area contributed by atoms with Crippen LogP contribution in [0.5, 0.6) is 5.75 Å². The van der Waals surface area contributed by atoms with Gasteiger partial charge in [0.2, 0.25) is 0 Å². The van der Waals surface area contributed by atoms with E-state index in [4.69, 9.17) is 4.74 Å². The van der Waals surface area contributed by atoms with Crippen LogP contribution in [0.2, 0.25) is 0 Å². The number of nitrogens with one attached hydrogen (secondary N) is 1. The molecule has 118 valence electrons. The van der Waals surface area contributed by atoms with Crippen molar-refractivity contribution in [2.24, 2.45) is 0 Å². The van der Waals surface area contributed by atoms with E-state index in [2.05, 4.69) is 31.1 Å². The summed E-state index contributed by atoms with van der Waals surface area (Å²) in [5, 5.41) is 14.1. The Morgan fingerprint density at radius 2 is 2.19 bits per heavy atom. The molecule has 0 saturated carbocycles. The van der Waals surface area contributed by atoms with Crippen LogP contribution in [0.1, 0.15) is 25.8 Å². The van der Waals surface area contributed by atoms with E-state index >= 15 is 0 Å². The number of non-ortho nitro benzene ring substituents is 1. The van der Waals surface area contributed by atoms with Gasteiger partial charge in [-0.05, 0) is 26.5 Å². The van der Waals surface area contributed by atoms with Crippen LogP contribution in [-0.2, 0) is 6.54 Å². The third-order valence-electron chi connectivity index (χ3n) is 3.77. The summed E-state index contributed by atoms with van der Waals surface area (Å²) in [7, 11) is 3.67. The molecule has 1 aromatic rings. The Labute approximate surface area is 126 Å². The number of hydrogen-bond acceptors (Lipinski definition) is 5. The fourth-order valence-electron chi connectivity index (χ4n) is 2.03. The van der Waals surface area contributed by atoms with Crippen LogP contribution in [0, 0.1) is 10.1 Å². The molecule has 6 nitrogen and oxygen atoms in total. The van der Waals surface area contributed by atoms with E-state index in [1.54, 1.807) is 19.2 Å². The van der Waals surface area contributed by atoms with Gasteiger partial charge in [-0.1, -0.05) is 6.92 Å². The highest BCUT2D eigenvalue weighted by atomic mass is 16.6. The van der Waals surface area contributed by atoms with Gasteiger partial charge < -0.3 is 15.0 Å². The average Bonchev–Trinajstić information content (AvgIpc) is 2.49. The summed E-state index contributed by atoms with van der Waals surface area (Å²) >= 11 is 0. The summed E-state index contributed by atoms with van der Waals surface area (Å²) in [6.45, 7) is 6.68. The summed E-state index contributed by atoms with van der Waals surface area (Å²) in [6.07, 6.45) is 1.12. The lowest BCUT2D eigenvalue weighted by molar-refractivity contribution is -0.384. The van der Waals surface area contributed by atoms with Crippen LogP contribution in [0.15, 0.2) is 18.2 Å². The molecule has 0 amide bonds. The smallest absolute Gasteiger partial charge is 0.270 e. The van der Waals surface area contributed by atoms with Gasteiger partial charge in [-0.15, -0.1) is 0 Å². The van der Waals surface area contributed by atoms with Crippen molar-refractivity contribution in [3.05, 3.63) is 33.9 Å². The van der Waals surface area contributed by atoms with Gasteiger partial charge in [0, 0.05) is 43.4 Å². The van der Waals surface area contributed by atoms with Gasteiger partial charge in [0.1, 0.15) is 5.75 Å². The normalized spacial score (nSPS) is 12.4. The lowest BCUT2D eigenvalue weighted by Gasteiger charge is -2.23. The van der Waals surface area contributed by atoms with E-state index in [0.29, 0.717) is 18.3 Å². The molecule has 1 unspecified atom stereocenters. The molecule has 0 heterocycles. The molecule has 0 radical (unpaired) electrons. The van der Waals surface area contributed by atoms with Gasteiger partial charge in [-0.25, -0.2) is 0 Å². The maximum atomic E-state index is 10.8. The molecule has 0 aliphatic heterocycles. The van der Waals surface area contributed by atoms with Gasteiger partial charge in [0.25, 0.3) is 5.69 Å². The Bertz CT molecular complexity index is 465. The second-order valence-electron chi connectivity index (χ2n) is 5.17. The van der Waals surface area contributed by atoms with E-state index in [1.807, 2.05) is 0 Å². The zero-order chi connectivity index (χ0) is 15.8. The molecule has 1 atom stereocenters. The van der Waals surface area contributed by atoms with E-state index in [-0.39, 0.29) is 10.6 Å². The largest absolute Gasteiger partial charge is 0.496 e. The number of hydrogen-bond donors (Lipinski definition) is 1. The number of rotatable bonds is 9. The molecule has 1 N–H and O–H groups in total. The summed E-state index contributed by atoms with van der Waals surface area (Å²) in [5.41, 5.74) is 0.891. The summed E-state index contributed by atoms with van der Waals surface area (Å²) in [6, 6.07) is 5.21. The minimum Gasteiger partial charge on any atom is -0.496 e. The van der Waals surface area contributed by atoms with Crippen LogP contribution in [0.25, 0.3) is 0 Å². The number of nitrogens with zero attached hydrogens (tertiary/aromatic N) is 2. The summed E-state index contributed by atoms with van der Waals surface area (Å²) < 4.78 is 5.24. The first-order chi connectivity index (χ1) is 9.99. The molecule has 0 saturated heterocycles. The predicted molar refractivity (Wildman–Crippen MR) is 83.7 cm³/mol. The van der Waals surface area contributed by atoms with Crippen molar-refractivity contribution in [1.82, 2.24) is 10.2 Å². The first-order valence-electron chi connectivity index (χ1n) is 7.21. The minimum absolute atomic E-state index is 0.0873. The maximum Gasteiger partial charge on any atom is 0.270 e. The fraction of sp³-hybridized carbons (Fsp3) is 0.600. The van der Waals surface area contributed by atoms with Crippen LogP contribution < -0.4 is 10.1 Å². The molecule has 6 heteroatoms. The number of ether oxygens (including phenoxy) is 1. The molecule has 0 spiro atoms. The van der Waals surface area contributed by atoms with Gasteiger partial charge in [-0.2, -0.15) is 0 Å². The topological polar surface area (TPSA) is 67.6 Å². The molecule has 0 aromatic heterocycles. The van der Waals surface area contributed by atoms with E-state index < -0.39 is 0 Å². The van der Waals surface area contributed by atoms with Gasteiger partial charge in [0.05, 0.1) is 12.0 Å². The second-order valence-corrected chi connectivity index (χ2v) is 5.17. The Kier molecular flexibility index (Phi) is 7.11. The second kappa shape index (κ2) is 8.59. The molecule has 21 heavy (non-hydrogen) atoms. The Morgan fingerprint density at radius 3 is 2.76 bits per heavy atom. The van der Waals surface area contributed by atoms with E-state index in [9.17, 15) is 10.1 Å². The quantitative estimate of drug-likeness (QED) is 0.430. The maximum absolute atomic E-state index is 10.8. The summed E-state index contributed by atoms with van der Waals surface area (Å²) in [4.78, 5) is 12.7. The number of benzene rings is 1. The summed E-state index contributed by atoms with van der Waals surface area (Å²) in [5.74, 6) is 0.670. The van der Waals surface area contributed by atoms with Crippen molar-refractivity contribution in [3.8, 4) is 5.75 Å². The molecule has 0 fully saturated rings. The number of methoxy groups -OCH3 is 1. The SMILES string of the molecule is CCC(C)N(C)CCNCc1cc([N+](=O)[O-])ccc1OC. The Morgan fingerprint density at radius 1 is 1.48 bits per heavy atom. The van der Waals surface area contributed by atoms with Crippen LogP contribution >= 0.6 is 0 Å². The highest BCUT2D eigenvalue weighted by molar-refractivity contribution is 5.43. The highest BCUT2D eigenvalue weighted by Crippen LogP contribution is 2.23. The van der Waals surface area contributed by atoms with Crippen molar-refractivity contribution in [3.63, 3.8) is 0 Å². The first kappa shape index (κ1) is 17.4. The molecule has 0 bridgehead atoms. The zero-order valence-electron chi connectivity index (χ0n) is 13.3. The average molecular weight is 295 g/mol. The number of likely N-dealkylation sites (N-methyl/N-ethyl adjacent to an activating group) is 1. The van der Waals surface area contributed by atoms with Gasteiger partial charge in [0.15, 0.2) is 0 Å². The van der Waals surface area contributed by atoms with Crippen LogP contribution in [0.4, 0.5) is 5.69 Å². The Hall–Kier alpha value is -1.66. The van der Waals surface area contributed by atoms with Crippen molar-refractivity contribution in [2.45, 2.75) is 32.9 Å². The van der Waals surface area contributed by atoms with E-state index in [0.717, 1.165) is 25.1 Å². The standard InChI is InChI=1S/C15H25N3O3/c1-5-12(2)17(3)9-8-16-11-13-10-14(18(19)20)6-7-15(13)21-4/h6-7,10,12,16H,5,8-9,11H2,1-4H3. The van der Waals surface area contributed by atoms with Crippen LogP contribution in [0.3, 0.4) is 0 Å². The van der Waals surface area contributed by atoms with Crippen molar-refractivity contribution in [2.75, 3.05) is 27.2 Å². The lowest BCUT2D eigenvalue weighted by Crippen LogP contribution is -2.34. The predicted octanol–water partition coefficient (Wildman–Crippen LogP) is 2.42.